The lowest BCUT2D eigenvalue weighted by molar-refractivity contribution is -0.119. The van der Waals surface area contributed by atoms with Crippen molar-refractivity contribution in [3.8, 4) is 5.75 Å². The number of anilines is 1. The third kappa shape index (κ3) is 8.11. The molecule has 2 amide bonds. The van der Waals surface area contributed by atoms with Crippen molar-refractivity contribution in [3.63, 3.8) is 0 Å². The van der Waals surface area contributed by atoms with Gasteiger partial charge in [-0.05, 0) is 98.7 Å². The Balaban J connectivity index is 1.37. The van der Waals surface area contributed by atoms with Crippen molar-refractivity contribution in [2.45, 2.75) is 77.2 Å². The zero-order chi connectivity index (χ0) is 35.5. The number of benzene rings is 2. The molecule has 1 unspecified atom stereocenters. The van der Waals surface area contributed by atoms with Crippen LogP contribution in [0.4, 0.5) is 5.69 Å². The van der Waals surface area contributed by atoms with Crippen molar-refractivity contribution in [2.24, 2.45) is 16.2 Å². The summed E-state index contributed by atoms with van der Waals surface area (Å²) in [7, 11) is -1.69. The van der Waals surface area contributed by atoms with E-state index in [9.17, 15) is 13.8 Å². The number of nitrogens with one attached hydrogen (secondary N) is 1. The molecule has 2 aromatic carbocycles. The molecule has 2 bridgehead atoms. The topological polar surface area (TPSA) is 110 Å². The summed E-state index contributed by atoms with van der Waals surface area (Å²) < 4.78 is 33.7. The molecule has 0 saturated heterocycles. The number of hydrogen-bond acceptors (Lipinski definition) is 8. The maximum absolute atomic E-state index is 14.2. The molecule has 5 atom stereocenters. The molecule has 3 aromatic rings. The number of ether oxygens (including phenoxy) is 2. The molecule has 268 valence electrons. The van der Waals surface area contributed by atoms with Crippen LogP contribution in [0, 0.1) is 18.8 Å². The number of aryl methyl sites for hydroxylation is 3. The van der Waals surface area contributed by atoms with Crippen LogP contribution in [0.5, 0.6) is 5.75 Å². The highest BCUT2D eigenvalue weighted by atomic mass is 35.5. The van der Waals surface area contributed by atoms with Gasteiger partial charge in [-0.3, -0.25) is 14.3 Å². The number of rotatable bonds is 5. The lowest BCUT2D eigenvalue weighted by atomic mass is 9.70. The second-order valence-corrected chi connectivity index (χ2v) is 17.6. The van der Waals surface area contributed by atoms with Crippen LogP contribution in [0.2, 0.25) is 5.02 Å². The zero-order valence-corrected chi connectivity index (χ0v) is 31.7. The Morgan fingerprint density at radius 1 is 1.22 bits per heavy atom. The number of thiazole rings is 1. The van der Waals surface area contributed by atoms with Crippen LogP contribution in [-0.2, 0) is 37.7 Å². The molecule has 1 aliphatic carbocycles. The zero-order valence-electron chi connectivity index (χ0n) is 29.3. The molecule has 1 N–H and O–H groups in total. The summed E-state index contributed by atoms with van der Waals surface area (Å²) in [5.41, 5.74) is 5.93. The minimum atomic E-state index is -3.42. The van der Waals surface area contributed by atoms with Crippen LogP contribution >= 0.6 is 22.9 Å². The molecule has 9 nitrogen and oxygen atoms in total. The van der Waals surface area contributed by atoms with Crippen LogP contribution in [0.1, 0.15) is 78.0 Å². The highest BCUT2D eigenvalue weighted by Crippen LogP contribution is 2.45. The average molecular weight is 739 g/mol. The number of aromatic nitrogens is 1. The summed E-state index contributed by atoms with van der Waals surface area (Å²) in [6.45, 7) is 8.31. The summed E-state index contributed by atoms with van der Waals surface area (Å²) in [5.74, 6) is 0.0746. The second-order valence-electron chi connectivity index (χ2n) is 14.0. The summed E-state index contributed by atoms with van der Waals surface area (Å²) in [4.78, 5) is 34.7. The number of halogens is 1. The fraction of sp³-hybridized carbons (Fsp3) is 0.500. The number of methoxy groups -OCH3 is 1. The minimum Gasteiger partial charge on any atom is -0.490 e. The van der Waals surface area contributed by atoms with Crippen molar-refractivity contribution >= 4 is 50.4 Å². The van der Waals surface area contributed by atoms with E-state index in [1.54, 1.807) is 18.7 Å². The van der Waals surface area contributed by atoms with Gasteiger partial charge in [0.15, 0.2) is 0 Å². The van der Waals surface area contributed by atoms with Gasteiger partial charge in [-0.15, -0.1) is 15.7 Å². The van der Waals surface area contributed by atoms with Gasteiger partial charge in [0.05, 0.1) is 35.4 Å². The lowest BCUT2D eigenvalue weighted by Gasteiger charge is -2.42. The highest BCUT2D eigenvalue weighted by Gasteiger charge is 2.42. The van der Waals surface area contributed by atoms with E-state index in [0.29, 0.717) is 50.3 Å². The number of hydrogen-bond donors (Lipinski definition) is 1. The summed E-state index contributed by atoms with van der Waals surface area (Å²) >= 11 is 7.96. The number of carbonyl (C=O) groups is 2. The normalized spacial score (nSPS) is 27.8. The SMILES string of the molecule is CO[C@H]1/C=C/CCCS(=O)(NC(=O)CCc2ncsc2C)=NC(=O)c2ccc3c(c2)N(C[C@H](C)[C@H]1C)C[C@@]1(CCCc2cc(Cl)ccc21)CO3. The van der Waals surface area contributed by atoms with E-state index < -0.39 is 21.7 Å². The van der Waals surface area contributed by atoms with Gasteiger partial charge in [-0.25, -0.2) is 9.19 Å². The van der Waals surface area contributed by atoms with Gasteiger partial charge in [-0.2, -0.15) is 0 Å². The quantitative estimate of drug-likeness (QED) is 0.270. The Labute approximate surface area is 305 Å². The van der Waals surface area contributed by atoms with Gasteiger partial charge in [-0.1, -0.05) is 43.7 Å². The highest BCUT2D eigenvalue weighted by molar-refractivity contribution is 7.92. The van der Waals surface area contributed by atoms with Crippen LogP contribution in [-0.4, -0.2) is 59.7 Å². The Morgan fingerprint density at radius 3 is 2.84 bits per heavy atom. The maximum atomic E-state index is 14.2. The first-order chi connectivity index (χ1) is 24.0. The Hall–Kier alpha value is -3.25. The number of amides is 2. The molecule has 6 rings (SSSR count). The van der Waals surface area contributed by atoms with Crippen LogP contribution in [0.3, 0.4) is 0 Å². The Bertz CT molecular complexity index is 1890. The standard InChI is InChI=1S/C38H47ClN4O5S2/c1-25-21-43-22-38(17-8-9-28-19-30(39)12-13-31(28)38)23-48-35-15-11-29(20-33(35)43)37(45)42-50(46,18-7-5-6-10-34(47-4)26(25)2)41-36(44)16-14-32-27(3)49-24-40-32/h6,10-13,15,19-20,24-26,34H,5,7-9,14,16-18,21-23H2,1-4H3,(H,41,42,44,45,46)/b10-6+/t25-,26+,34-,38-,50?/m0/s1. The fourth-order valence-electron chi connectivity index (χ4n) is 7.52. The summed E-state index contributed by atoms with van der Waals surface area (Å²) in [6, 6.07) is 11.5. The number of carbonyl (C=O) groups excluding carboxylic acids is 2. The summed E-state index contributed by atoms with van der Waals surface area (Å²) in [6.07, 6.45) is 8.54. The molecule has 0 saturated carbocycles. The average Bonchev–Trinajstić information content (AvgIpc) is 3.44. The van der Waals surface area contributed by atoms with E-state index in [2.05, 4.69) is 51.0 Å². The molecule has 12 heteroatoms. The number of allylic oxidation sites excluding steroid dienone is 1. The van der Waals surface area contributed by atoms with E-state index in [0.717, 1.165) is 40.5 Å². The lowest BCUT2D eigenvalue weighted by Crippen LogP contribution is -2.47. The molecule has 0 fully saturated rings. The fourth-order valence-corrected chi connectivity index (χ4v) is 9.97. The van der Waals surface area contributed by atoms with Gasteiger partial charge in [0.2, 0.25) is 5.91 Å². The van der Waals surface area contributed by atoms with Crippen LogP contribution < -0.4 is 14.4 Å². The van der Waals surface area contributed by atoms with Crippen molar-refractivity contribution in [1.29, 1.82) is 0 Å². The van der Waals surface area contributed by atoms with Crippen molar-refractivity contribution in [1.82, 2.24) is 9.71 Å². The van der Waals surface area contributed by atoms with E-state index in [1.165, 1.54) is 22.5 Å². The third-order valence-electron chi connectivity index (χ3n) is 10.5. The molecule has 50 heavy (non-hydrogen) atoms. The number of nitrogens with zero attached hydrogens (tertiary/aromatic N) is 3. The molecular formula is C38H47ClN4O5S2. The summed E-state index contributed by atoms with van der Waals surface area (Å²) in [5, 5.41) is 0.735. The second kappa shape index (κ2) is 15.6. The van der Waals surface area contributed by atoms with Gasteiger partial charge >= 0.3 is 0 Å². The van der Waals surface area contributed by atoms with Crippen LogP contribution in [0.25, 0.3) is 0 Å². The Morgan fingerprint density at radius 2 is 2.06 bits per heavy atom. The molecule has 1 aromatic heterocycles. The predicted molar refractivity (Wildman–Crippen MR) is 201 cm³/mol. The largest absolute Gasteiger partial charge is 0.490 e. The monoisotopic (exact) mass is 738 g/mol. The molecule has 3 aliphatic rings. The van der Waals surface area contributed by atoms with E-state index >= 15 is 0 Å². The smallest absolute Gasteiger partial charge is 0.286 e. The van der Waals surface area contributed by atoms with E-state index in [4.69, 9.17) is 21.1 Å². The molecule has 2 aliphatic heterocycles. The first-order valence-electron chi connectivity index (χ1n) is 17.5. The molecule has 3 heterocycles. The first kappa shape index (κ1) is 36.5. The van der Waals surface area contributed by atoms with Crippen molar-refractivity contribution in [2.75, 3.05) is 37.5 Å². The number of fused-ring (bicyclic) bond motifs is 3. The third-order valence-corrected chi connectivity index (χ3v) is 13.4. The minimum absolute atomic E-state index is 0.0419. The molecule has 0 radical (unpaired) electrons. The first-order valence-corrected chi connectivity index (χ1v) is 20.4. The molecular weight excluding hydrogens is 692 g/mol. The van der Waals surface area contributed by atoms with Gasteiger partial charge in [0.25, 0.3) is 5.91 Å². The van der Waals surface area contributed by atoms with Gasteiger partial charge in [0, 0.05) is 47.5 Å². The Kier molecular flexibility index (Phi) is 11.4. The van der Waals surface area contributed by atoms with E-state index in [1.807, 2.05) is 31.2 Å². The van der Waals surface area contributed by atoms with E-state index in [-0.39, 0.29) is 35.5 Å². The van der Waals surface area contributed by atoms with Gasteiger partial charge < -0.3 is 14.4 Å². The molecule has 1 spiro atoms. The van der Waals surface area contributed by atoms with Crippen LogP contribution in [0.15, 0.2) is 58.4 Å². The predicted octanol–water partition coefficient (Wildman–Crippen LogP) is 7.49. The maximum Gasteiger partial charge on any atom is 0.286 e. The van der Waals surface area contributed by atoms with Crippen molar-refractivity contribution < 1.29 is 23.3 Å². The van der Waals surface area contributed by atoms with Gasteiger partial charge in [0.1, 0.15) is 15.7 Å². The van der Waals surface area contributed by atoms with Crippen molar-refractivity contribution in [3.05, 3.63) is 86.3 Å².